The van der Waals surface area contributed by atoms with Crippen LogP contribution in [0.3, 0.4) is 0 Å². The van der Waals surface area contributed by atoms with Gasteiger partial charge in [0.05, 0.1) is 0 Å². The van der Waals surface area contributed by atoms with Crippen molar-refractivity contribution in [3.63, 3.8) is 0 Å². The molecule has 0 aliphatic carbocycles. The molecule has 0 amide bonds. The molecule has 17 heavy (non-hydrogen) atoms. The quantitative estimate of drug-likeness (QED) is 0.792. The summed E-state index contributed by atoms with van der Waals surface area (Å²) in [5.74, 6) is -1.16. The van der Waals surface area contributed by atoms with Crippen LogP contribution in [0.1, 0.15) is 45.2 Å². The number of halogens is 2. The lowest BCUT2D eigenvalue weighted by atomic mass is 9.88. The zero-order valence-corrected chi connectivity index (χ0v) is 10.8. The standard InChI is InChI=1S/C14H21F2N/c1-4-10(5-2)14(17-6-3)11-8-7-9-12(15)13(11)16/h7-10,14,17H,4-6H2,1-3H3. The van der Waals surface area contributed by atoms with E-state index in [1.807, 2.05) is 6.92 Å². The molecule has 1 atom stereocenters. The average Bonchev–Trinajstić information content (AvgIpc) is 2.33. The van der Waals surface area contributed by atoms with Crippen molar-refractivity contribution in [2.75, 3.05) is 6.54 Å². The van der Waals surface area contributed by atoms with Crippen molar-refractivity contribution in [2.24, 2.45) is 5.92 Å². The summed E-state index contributed by atoms with van der Waals surface area (Å²) in [4.78, 5) is 0. The van der Waals surface area contributed by atoms with E-state index in [0.717, 1.165) is 25.5 Å². The third-order valence-electron chi connectivity index (χ3n) is 3.26. The monoisotopic (exact) mass is 241 g/mol. The molecule has 96 valence electrons. The van der Waals surface area contributed by atoms with Gasteiger partial charge in [-0.1, -0.05) is 45.7 Å². The third-order valence-corrected chi connectivity index (χ3v) is 3.26. The number of benzene rings is 1. The van der Waals surface area contributed by atoms with Crippen LogP contribution in [-0.2, 0) is 0 Å². The molecule has 1 aromatic carbocycles. The first-order valence-corrected chi connectivity index (χ1v) is 6.32. The fourth-order valence-electron chi connectivity index (χ4n) is 2.27. The largest absolute Gasteiger partial charge is 0.310 e. The van der Waals surface area contributed by atoms with Gasteiger partial charge in [-0.3, -0.25) is 0 Å². The molecule has 0 aromatic heterocycles. The Labute approximate surface area is 102 Å². The van der Waals surface area contributed by atoms with Crippen molar-refractivity contribution in [3.05, 3.63) is 35.4 Å². The Hall–Kier alpha value is -0.960. The maximum Gasteiger partial charge on any atom is 0.163 e. The first-order valence-electron chi connectivity index (χ1n) is 6.32. The minimum Gasteiger partial charge on any atom is -0.310 e. The van der Waals surface area contributed by atoms with Gasteiger partial charge < -0.3 is 5.32 Å². The fourth-order valence-corrected chi connectivity index (χ4v) is 2.27. The summed E-state index contributed by atoms with van der Waals surface area (Å²) in [6.45, 7) is 6.88. The molecule has 1 nitrogen and oxygen atoms in total. The Kier molecular flexibility index (Phi) is 5.56. The normalized spacial score (nSPS) is 13.1. The summed E-state index contributed by atoms with van der Waals surface area (Å²) >= 11 is 0. The summed E-state index contributed by atoms with van der Waals surface area (Å²) in [7, 11) is 0. The molecule has 0 aliphatic heterocycles. The summed E-state index contributed by atoms with van der Waals surface area (Å²) in [6.07, 6.45) is 1.90. The molecule has 1 N–H and O–H groups in total. The van der Waals surface area contributed by atoms with E-state index >= 15 is 0 Å². The summed E-state index contributed by atoms with van der Waals surface area (Å²) in [5.41, 5.74) is 0.445. The summed E-state index contributed by atoms with van der Waals surface area (Å²) < 4.78 is 27.0. The van der Waals surface area contributed by atoms with Crippen LogP contribution >= 0.6 is 0 Å². The zero-order valence-electron chi connectivity index (χ0n) is 10.8. The van der Waals surface area contributed by atoms with Gasteiger partial charge in [0.25, 0.3) is 0 Å². The highest BCUT2D eigenvalue weighted by molar-refractivity contribution is 5.23. The first-order chi connectivity index (χ1) is 8.15. The SMILES string of the molecule is CCNC(c1cccc(F)c1F)C(CC)CC. The highest BCUT2D eigenvalue weighted by atomic mass is 19.2. The minimum absolute atomic E-state index is 0.106. The minimum atomic E-state index is -0.767. The van der Waals surface area contributed by atoms with Crippen molar-refractivity contribution < 1.29 is 8.78 Å². The number of hydrogen-bond donors (Lipinski definition) is 1. The fraction of sp³-hybridized carbons (Fsp3) is 0.571. The maximum atomic E-state index is 13.8. The Bertz CT molecular complexity index is 348. The Morgan fingerprint density at radius 3 is 2.29 bits per heavy atom. The van der Waals surface area contributed by atoms with Crippen LogP contribution in [0.15, 0.2) is 18.2 Å². The molecular weight excluding hydrogens is 220 g/mol. The van der Waals surface area contributed by atoms with Crippen molar-refractivity contribution in [3.8, 4) is 0 Å². The number of rotatable bonds is 6. The van der Waals surface area contributed by atoms with E-state index in [1.54, 1.807) is 12.1 Å². The van der Waals surface area contributed by atoms with Gasteiger partial charge in [0.1, 0.15) is 0 Å². The molecule has 0 heterocycles. The predicted molar refractivity (Wildman–Crippen MR) is 66.8 cm³/mol. The van der Waals surface area contributed by atoms with Crippen LogP contribution < -0.4 is 5.32 Å². The number of hydrogen-bond acceptors (Lipinski definition) is 1. The Morgan fingerprint density at radius 2 is 1.76 bits per heavy atom. The van der Waals surface area contributed by atoms with Gasteiger partial charge in [-0.2, -0.15) is 0 Å². The van der Waals surface area contributed by atoms with Gasteiger partial charge >= 0.3 is 0 Å². The van der Waals surface area contributed by atoms with Gasteiger partial charge in [0, 0.05) is 11.6 Å². The van der Waals surface area contributed by atoms with E-state index in [0.29, 0.717) is 11.5 Å². The average molecular weight is 241 g/mol. The lowest BCUT2D eigenvalue weighted by Gasteiger charge is -2.27. The van der Waals surface area contributed by atoms with E-state index in [2.05, 4.69) is 19.2 Å². The lowest BCUT2D eigenvalue weighted by Crippen LogP contribution is -2.28. The molecule has 0 saturated heterocycles. The highest BCUT2D eigenvalue weighted by Gasteiger charge is 2.23. The molecule has 1 unspecified atom stereocenters. The van der Waals surface area contributed by atoms with E-state index in [9.17, 15) is 8.78 Å². The second kappa shape index (κ2) is 6.70. The van der Waals surface area contributed by atoms with Crippen LogP contribution in [0.2, 0.25) is 0 Å². The molecule has 0 aliphatic rings. The van der Waals surface area contributed by atoms with E-state index in [1.165, 1.54) is 0 Å². The van der Waals surface area contributed by atoms with Crippen LogP contribution in [0.4, 0.5) is 8.78 Å². The molecule has 0 bridgehead atoms. The van der Waals surface area contributed by atoms with Crippen molar-refractivity contribution >= 4 is 0 Å². The molecular formula is C14H21F2N. The Morgan fingerprint density at radius 1 is 1.12 bits per heavy atom. The first kappa shape index (κ1) is 14.1. The van der Waals surface area contributed by atoms with Crippen molar-refractivity contribution in [1.29, 1.82) is 0 Å². The van der Waals surface area contributed by atoms with Crippen LogP contribution in [0, 0.1) is 17.6 Å². The molecule has 3 heteroatoms. The van der Waals surface area contributed by atoms with E-state index < -0.39 is 11.6 Å². The van der Waals surface area contributed by atoms with Gasteiger partial charge in [0.2, 0.25) is 0 Å². The molecule has 0 radical (unpaired) electrons. The number of nitrogens with one attached hydrogen (secondary N) is 1. The van der Waals surface area contributed by atoms with Gasteiger partial charge in [-0.05, 0) is 18.5 Å². The lowest BCUT2D eigenvalue weighted by molar-refractivity contribution is 0.333. The van der Waals surface area contributed by atoms with Crippen molar-refractivity contribution in [2.45, 2.75) is 39.7 Å². The second-order valence-corrected chi connectivity index (χ2v) is 4.25. The van der Waals surface area contributed by atoms with Crippen LogP contribution in [0.25, 0.3) is 0 Å². The maximum absolute atomic E-state index is 13.8. The van der Waals surface area contributed by atoms with Crippen LogP contribution in [0.5, 0.6) is 0 Å². The molecule has 0 fully saturated rings. The topological polar surface area (TPSA) is 12.0 Å². The second-order valence-electron chi connectivity index (χ2n) is 4.25. The van der Waals surface area contributed by atoms with E-state index in [4.69, 9.17) is 0 Å². The van der Waals surface area contributed by atoms with Gasteiger partial charge in [-0.25, -0.2) is 8.78 Å². The van der Waals surface area contributed by atoms with Crippen molar-refractivity contribution in [1.82, 2.24) is 5.32 Å². The predicted octanol–water partition coefficient (Wildman–Crippen LogP) is 4.05. The van der Waals surface area contributed by atoms with Gasteiger partial charge in [-0.15, -0.1) is 0 Å². The third kappa shape index (κ3) is 3.25. The summed E-state index contributed by atoms with van der Waals surface area (Å²) in [6, 6.07) is 4.30. The molecule has 0 spiro atoms. The Balaban J connectivity index is 3.08. The van der Waals surface area contributed by atoms with E-state index in [-0.39, 0.29) is 6.04 Å². The zero-order chi connectivity index (χ0) is 12.8. The van der Waals surface area contributed by atoms with Crippen LogP contribution in [-0.4, -0.2) is 6.54 Å². The highest BCUT2D eigenvalue weighted by Crippen LogP contribution is 2.29. The summed E-state index contributed by atoms with van der Waals surface area (Å²) in [5, 5.41) is 3.26. The van der Waals surface area contributed by atoms with Gasteiger partial charge in [0.15, 0.2) is 11.6 Å². The molecule has 1 aromatic rings. The molecule has 1 rings (SSSR count). The molecule has 0 saturated carbocycles. The smallest absolute Gasteiger partial charge is 0.163 e.